The number of carbonyl (C=O) groups is 1. The lowest BCUT2D eigenvalue weighted by molar-refractivity contribution is 0.0939. The van der Waals surface area contributed by atoms with Gasteiger partial charge in [0.25, 0.3) is 5.91 Å². The number of benzene rings is 2. The molecule has 5 nitrogen and oxygen atoms in total. The van der Waals surface area contributed by atoms with Gasteiger partial charge in [0.1, 0.15) is 0 Å². The zero-order valence-electron chi connectivity index (χ0n) is 17.3. The molecule has 1 fully saturated rings. The van der Waals surface area contributed by atoms with E-state index in [1.165, 1.54) is 28.1 Å². The largest absolute Gasteiger partial charge is 0.345 e. The molecule has 1 atom stereocenters. The van der Waals surface area contributed by atoms with E-state index in [1.54, 1.807) is 0 Å². The number of hydrogen-bond acceptors (Lipinski definition) is 3. The Kier molecular flexibility index (Phi) is 6.36. The highest BCUT2D eigenvalue weighted by Gasteiger charge is 2.28. The second-order valence-corrected chi connectivity index (χ2v) is 10.1. The van der Waals surface area contributed by atoms with Gasteiger partial charge in [-0.25, -0.2) is 8.42 Å². The van der Waals surface area contributed by atoms with E-state index >= 15 is 0 Å². The van der Waals surface area contributed by atoms with E-state index < -0.39 is 15.9 Å². The zero-order valence-corrected chi connectivity index (χ0v) is 18.8. The van der Waals surface area contributed by atoms with Crippen LogP contribution in [0.4, 0.5) is 0 Å². The van der Waals surface area contributed by atoms with Crippen LogP contribution in [0.5, 0.6) is 0 Å². The van der Waals surface area contributed by atoms with E-state index in [0.717, 1.165) is 29.5 Å². The van der Waals surface area contributed by atoms with Crippen molar-refractivity contribution in [3.8, 4) is 0 Å². The molecule has 1 amide bonds. The first kappa shape index (κ1) is 21.8. The molecular formula is C22H27ClN2O3S. The van der Waals surface area contributed by atoms with Crippen LogP contribution in [0.15, 0.2) is 35.2 Å². The highest BCUT2D eigenvalue weighted by atomic mass is 35.5. The summed E-state index contributed by atoms with van der Waals surface area (Å²) >= 11 is 6.24. The summed E-state index contributed by atoms with van der Waals surface area (Å²) in [5, 5.41) is 3.19. The minimum Gasteiger partial charge on any atom is -0.345 e. The minimum absolute atomic E-state index is 0.101. The summed E-state index contributed by atoms with van der Waals surface area (Å²) in [7, 11) is -3.61. The molecule has 0 aliphatic carbocycles. The molecule has 1 aliphatic heterocycles. The maximum atomic E-state index is 12.9. The molecule has 0 aromatic heterocycles. The Morgan fingerprint density at radius 3 is 2.31 bits per heavy atom. The van der Waals surface area contributed by atoms with Crippen molar-refractivity contribution in [2.24, 2.45) is 0 Å². The van der Waals surface area contributed by atoms with Gasteiger partial charge < -0.3 is 5.32 Å². The number of aryl methyl sites for hydroxylation is 3. The standard InChI is InChI=1S/C22H27ClN2O3S/c1-14-11-16(3)19(12-15(14)2)17(4)24-22(26)20-13-18(7-8-21(20)23)29(27,28)25-9-5-6-10-25/h7-8,11-13,17H,5-6,9-10H2,1-4H3,(H,24,26)/t17-/m1/s1. The van der Waals surface area contributed by atoms with Crippen LogP contribution in [0.25, 0.3) is 0 Å². The van der Waals surface area contributed by atoms with Gasteiger partial charge in [-0.1, -0.05) is 23.7 Å². The Bertz CT molecular complexity index is 1040. The minimum atomic E-state index is -3.61. The average molecular weight is 435 g/mol. The Morgan fingerprint density at radius 1 is 1.03 bits per heavy atom. The van der Waals surface area contributed by atoms with Crippen LogP contribution in [0, 0.1) is 20.8 Å². The van der Waals surface area contributed by atoms with E-state index in [-0.39, 0.29) is 21.5 Å². The molecule has 3 rings (SSSR count). The Balaban J connectivity index is 1.87. The lowest BCUT2D eigenvalue weighted by Crippen LogP contribution is -2.29. The van der Waals surface area contributed by atoms with Gasteiger partial charge in [-0.2, -0.15) is 4.31 Å². The second kappa shape index (κ2) is 8.46. The SMILES string of the molecule is Cc1cc(C)c([C@@H](C)NC(=O)c2cc(S(=O)(=O)N3CCCC3)ccc2Cl)cc1C. The lowest BCUT2D eigenvalue weighted by atomic mass is 9.96. The number of rotatable bonds is 5. The molecule has 0 saturated carbocycles. The van der Waals surface area contributed by atoms with Gasteiger partial charge in [0.2, 0.25) is 10.0 Å². The molecule has 0 unspecified atom stereocenters. The van der Waals surface area contributed by atoms with Crippen LogP contribution in [0.3, 0.4) is 0 Å². The van der Waals surface area contributed by atoms with E-state index in [0.29, 0.717) is 13.1 Å². The molecule has 1 N–H and O–H groups in total. The summed E-state index contributed by atoms with van der Waals surface area (Å²) in [5.41, 5.74) is 4.65. The molecule has 1 heterocycles. The fourth-order valence-corrected chi connectivity index (χ4v) is 5.47. The topological polar surface area (TPSA) is 66.5 Å². The number of sulfonamides is 1. The number of amides is 1. The molecule has 29 heavy (non-hydrogen) atoms. The molecule has 0 bridgehead atoms. The van der Waals surface area contributed by atoms with Crippen LogP contribution < -0.4 is 5.32 Å². The third-order valence-corrected chi connectivity index (χ3v) is 7.81. The van der Waals surface area contributed by atoms with Crippen LogP contribution in [0.1, 0.15) is 58.4 Å². The number of carbonyl (C=O) groups excluding carboxylic acids is 1. The van der Waals surface area contributed by atoms with E-state index in [2.05, 4.69) is 24.4 Å². The van der Waals surface area contributed by atoms with Crippen molar-refractivity contribution >= 4 is 27.5 Å². The molecular weight excluding hydrogens is 408 g/mol. The summed E-state index contributed by atoms with van der Waals surface area (Å²) in [4.78, 5) is 13.0. The number of hydrogen-bond donors (Lipinski definition) is 1. The predicted molar refractivity (Wildman–Crippen MR) is 116 cm³/mol. The monoisotopic (exact) mass is 434 g/mol. The first-order valence-corrected chi connectivity index (χ1v) is 11.6. The molecule has 2 aromatic rings. The summed E-state index contributed by atoms with van der Waals surface area (Å²) < 4.78 is 27.1. The summed E-state index contributed by atoms with van der Waals surface area (Å²) in [6, 6.07) is 8.26. The van der Waals surface area contributed by atoms with Gasteiger partial charge in [0.15, 0.2) is 0 Å². The normalized spacial score (nSPS) is 16.0. The van der Waals surface area contributed by atoms with Gasteiger partial charge in [0, 0.05) is 13.1 Å². The molecule has 7 heteroatoms. The van der Waals surface area contributed by atoms with Crippen molar-refractivity contribution in [1.29, 1.82) is 0 Å². The van der Waals surface area contributed by atoms with Crippen molar-refractivity contribution < 1.29 is 13.2 Å². The van der Waals surface area contributed by atoms with Crippen LogP contribution >= 0.6 is 11.6 Å². The second-order valence-electron chi connectivity index (χ2n) is 7.74. The van der Waals surface area contributed by atoms with Crippen LogP contribution in [0.2, 0.25) is 5.02 Å². The molecule has 1 aliphatic rings. The van der Waals surface area contributed by atoms with E-state index in [1.807, 2.05) is 20.8 Å². The highest BCUT2D eigenvalue weighted by molar-refractivity contribution is 7.89. The van der Waals surface area contributed by atoms with Crippen molar-refractivity contribution in [1.82, 2.24) is 9.62 Å². The average Bonchev–Trinajstić information content (AvgIpc) is 3.20. The van der Waals surface area contributed by atoms with Gasteiger partial charge in [-0.3, -0.25) is 4.79 Å². The Morgan fingerprint density at radius 2 is 1.66 bits per heavy atom. The number of halogens is 1. The first-order chi connectivity index (χ1) is 13.6. The maximum absolute atomic E-state index is 12.9. The maximum Gasteiger partial charge on any atom is 0.253 e. The summed E-state index contributed by atoms with van der Waals surface area (Å²) in [5.74, 6) is -0.390. The highest BCUT2D eigenvalue weighted by Crippen LogP contribution is 2.27. The van der Waals surface area contributed by atoms with Crippen molar-refractivity contribution in [2.45, 2.75) is 51.5 Å². The van der Waals surface area contributed by atoms with Crippen molar-refractivity contribution in [3.63, 3.8) is 0 Å². The lowest BCUT2D eigenvalue weighted by Gasteiger charge is -2.20. The Labute approximate surface area is 178 Å². The number of nitrogens with zero attached hydrogens (tertiary/aromatic N) is 1. The molecule has 2 aromatic carbocycles. The fourth-order valence-electron chi connectivity index (χ4n) is 3.72. The Hall–Kier alpha value is -1.89. The predicted octanol–water partition coefficient (Wildman–Crippen LogP) is 4.54. The molecule has 156 valence electrons. The van der Waals surface area contributed by atoms with Crippen LogP contribution in [-0.2, 0) is 10.0 Å². The first-order valence-electron chi connectivity index (χ1n) is 9.79. The quantitative estimate of drug-likeness (QED) is 0.751. The third kappa shape index (κ3) is 4.49. The smallest absolute Gasteiger partial charge is 0.253 e. The zero-order chi connectivity index (χ0) is 21.3. The van der Waals surface area contributed by atoms with Crippen molar-refractivity contribution in [3.05, 3.63) is 63.2 Å². The van der Waals surface area contributed by atoms with Gasteiger partial charge in [0.05, 0.1) is 21.5 Å². The number of nitrogens with one attached hydrogen (secondary N) is 1. The fraction of sp³-hybridized carbons (Fsp3) is 0.409. The van der Waals surface area contributed by atoms with E-state index in [4.69, 9.17) is 11.6 Å². The van der Waals surface area contributed by atoms with Gasteiger partial charge in [-0.15, -0.1) is 0 Å². The van der Waals surface area contributed by atoms with E-state index in [9.17, 15) is 13.2 Å². The molecule has 1 saturated heterocycles. The molecule has 0 spiro atoms. The third-order valence-electron chi connectivity index (χ3n) is 5.58. The van der Waals surface area contributed by atoms with Crippen molar-refractivity contribution in [2.75, 3.05) is 13.1 Å². The summed E-state index contributed by atoms with van der Waals surface area (Å²) in [6.45, 7) is 9.04. The van der Waals surface area contributed by atoms with Crippen LogP contribution in [-0.4, -0.2) is 31.7 Å². The summed E-state index contributed by atoms with van der Waals surface area (Å²) in [6.07, 6.45) is 1.71. The van der Waals surface area contributed by atoms with Gasteiger partial charge >= 0.3 is 0 Å². The van der Waals surface area contributed by atoms with Gasteiger partial charge in [-0.05, 0) is 81.0 Å². The molecule has 0 radical (unpaired) electrons.